The van der Waals surface area contributed by atoms with E-state index < -0.39 is 17.4 Å². The van der Waals surface area contributed by atoms with E-state index in [2.05, 4.69) is 5.32 Å². The highest BCUT2D eigenvalue weighted by Gasteiger charge is 2.38. The monoisotopic (exact) mass is 303 g/mol. The molecule has 2 aromatic rings. The Morgan fingerprint density at radius 2 is 1.91 bits per heavy atom. The smallest absolute Gasteiger partial charge is 0.334 e. The number of esters is 1. The molecule has 1 heterocycles. The molecule has 0 aliphatic carbocycles. The molecule has 1 amide bonds. The van der Waals surface area contributed by atoms with Gasteiger partial charge >= 0.3 is 5.97 Å². The van der Waals surface area contributed by atoms with Crippen molar-refractivity contribution in [2.24, 2.45) is 0 Å². The van der Waals surface area contributed by atoms with Crippen molar-refractivity contribution in [2.75, 3.05) is 13.7 Å². The second kappa shape index (κ2) is 6.80. The van der Waals surface area contributed by atoms with Gasteiger partial charge in [0.15, 0.2) is 11.3 Å². The third kappa shape index (κ3) is 3.66. The Kier molecular flexibility index (Phi) is 4.83. The molecule has 6 nitrogen and oxygen atoms in total. The highest BCUT2D eigenvalue weighted by atomic mass is 16.5. The number of rotatable bonds is 6. The van der Waals surface area contributed by atoms with E-state index in [0.29, 0.717) is 5.75 Å². The summed E-state index contributed by atoms with van der Waals surface area (Å²) < 4.78 is 15.3. The Hall–Kier alpha value is -2.76. The molecular weight excluding hydrogens is 286 g/mol. The second-order valence-corrected chi connectivity index (χ2v) is 4.86. The number of carbonyl (C=O) groups excluding carboxylic acids is 2. The quantitative estimate of drug-likeness (QED) is 0.826. The number of nitrogens with one attached hydrogen (secondary N) is 1. The van der Waals surface area contributed by atoms with Crippen LogP contribution in [0.3, 0.4) is 0 Å². The van der Waals surface area contributed by atoms with Crippen molar-refractivity contribution < 1.29 is 23.5 Å². The fraction of sp³-hybridized carbons (Fsp3) is 0.250. The minimum absolute atomic E-state index is 0.0733. The van der Waals surface area contributed by atoms with Crippen molar-refractivity contribution in [1.29, 1.82) is 0 Å². The van der Waals surface area contributed by atoms with E-state index >= 15 is 0 Å². The largest absolute Gasteiger partial charge is 0.491 e. The molecule has 0 bridgehead atoms. The third-order valence-corrected chi connectivity index (χ3v) is 3.04. The normalized spacial score (nSPS) is 13.0. The molecule has 0 unspecified atom stereocenters. The number of hydrogen-bond acceptors (Lipinski definition) is 5. The molecule has 1 aromatic heterocycles. The molecule has 116 valence electrons. The van der Waals surface area contributed by atoms with Gasteiger partial charge in [-0.2, -0.15) is 0 Å². The van der Waals surface area contributed by atoms with Gasteiger partial charge in [-0.05, 0) is 31.2 Å². The van der Waals surface area contributed by atoms with E-state index in [0.717, 1.165) is 0 Å². The van der Waals surface area contributed by atoms with E-state index in [1.165, 1.54) is 26.4 Å². The van der Waals surface area contributed by atoms with Gasteiger partial charge in [-0.15, -0.1) is 0 Å². The molecule has 22 heavy (non-hydrogen) atoms. The summed E-state index contributed by atoms with van der Waals surface area (Å²) in [6, 6.07) is 12.1. The molecule has 2 rings (SSSR count). The van der Waals surface area contributed by atoms with Gasteiger partial charge in [0.1, 0.15) is 12.4 Å². The van der Waals surface area contributed by atoms with E-state index in [9.17, 15) is 9.59 Å². The van der Waals surface area contributed by atoms with Gasteiger partial charge < -0.3 is 19.2 Å². The Labute approximate surface area is 128 Å². The third-order valence-electron chi connectivity index (χ3n) is 3.04. The van der Waals surface area contributed by atoms with Crippen LogP contribution >= 0.6 is 0 Å². The molecule has 0 fully saturated rings. The SMILES string of the molecule is COC(=O)[C@@](C)(COc1ccccc1)NC(=O)c1ccco1. The molecule has 0 aliphatic rings. The average molecular weight is 303 g/mol. The first-order chi connectivity index (χ1) is 10.5. The van der Waals surface area contributed by atoms with Crippen LogP contribution in [0.2, 0.25) is 0 Å². The minimum Gasteiger partial charge on any atom is -0.491 e. The van der Waals surface area contributed by atoms with E-state index in [4.69, 9.17) is 13.9 Å². The zero-order valence-corrected chi connectivity index (χ0v) is 12.4. The number of carbonyl (C=O) groups is 2. The van der Waals surface area contributed by atoms with Crippen LogP contribution in [0.1, 0.15) is 17.5 Å². The standard InChI is InChI=1S/C16H17NO5/c1-16(15(19)20-2,11-22-12-7-4-3-5-8-12)17-14(18)13-9-6-10-21-13/h3-10H,11H2,1-2H3,(H,17,18)/t16-/m1/s1. The highest BCUT2D eigenvalue weighted by molar-refractivity contribution is 5.96. The van der Waals surface area contributed by atoms with Crippen LogP contribution in [0.25, 0.3) is 0 Å². The summed E-state index contributed by atoms with van der Waals surface area (Å²) in [6.45, 7) is 1.46. The highest BCUT2D eigenvalue weighted by Crippen LogP contribution is 2.14. The minimum atomic E-state index is -1.34. The molecule has 1 N–H and O–H groups in total. The van der Waals surface area contributed by atoms with Gasteiger partial charge in [-0.1, -0.05) is 18.2 Å². The molecule has 1 aromatic carbocycles. The van der Waals surface area contributed by atoms with Gasteiger partial charge in [0, 0.05) is 0 Å². The number of hydrogen-bond donors (Lipinski definition) is 1. The first kappa shape index (κ1) is 15.6. The number of amides is 1. The first-order valence-corrected chi connectivity index (χ1v) is 6.67. The predicted octanol–water partition coefficient (Wildman–Crippen LogP) is 2.02. The van der Waals surface area contributed by atoms with Crippen LogP contribution in [0, 0.1) is 0 Å². The Balaban J connectivity index is 2.10. The lowest BCUT2D eigenvalue weighted by Crippen LogP contribution is -2.56. The molecule has 1 atom stereocenters. The van der Waals surface area contributed by atoms with Gasteiger partial charge in [0.25, 0.3) is 5.91 Å². The van der Waals surface area contributed by atoms with Crippen molar-refractivity contribution >= 4 is 11.9 Å². The van der Waals surface area contributed by atoms with Gasteiger partial charge in [0.2, 0.25) is 0 Å². The first-order valence-electron chi connectivity index (χ1n) is 6.67. The van der Waals surface area contributed by atoms with E-state index in [1.807, 2.05) is 18.2 Å². The maximum absolute atomic E-state index is 12.1. The van der Waals surface area contributed by atoms with Gasteiger partial charge in [-0.25, -0.2) is 4.79 Å². The lowest BCUT2D eigenvalue weighted by atomic mass is 10.0. The maximum atomic E-state index is 12.1. The Morgan fingerprint density at radius 1 is 1.18 bits per heavy atom. The van der Waals surface area contributed by atoms with Crippen molar-refractivity contribution in [3.05, 3.63) is 54.5 Å². The molecule has 0 saturated heterocycles. The lowest BCUT2D eigenvalue weighted by Gasteiger charge is -2.27. The van der Waals surface area contributed by atoms with E-state index in [1.54, 1.807) is 18.2 Å². The van der Waals surface area contributed by atoms with Crippen LogP contribution in [-0.2, 0) is 9.53 Å². The molecular formula is C16H17NO5. The molecule has 6 heteroatoms. The Bertz CT molecular complexity index is 623. The van der Waals surface area contributed by atoms with Crippen LogP contribution < -0.4 is 10.1 Å². The van der Waals surface area contributed by atoms with Crippen molar-refractivity contribution in [3.8, 4) is 5.75 Å². The number of ether oxygens (including phenoxy) is 2. The topological polar surface area (TPSA) is 77.8 Å². The van der Waals surface area contributed by atoms with Crippen LogP contribution in [0.15, 0.2) is 53.1 Å². The van der Waals surface area contributed by atoms with Gasteiger partial charge in [0.05, 0.1) is 13.4 Å². The Morgan fingerprint density at radius 3 is 2.50 bits per heavy atom. The summed E-state index contributed by atoms with van der Waals surface area (Å²) >= 11 is 0. The molecule has 0 aliphatic heterocycles. The summed E-state index contributed by atoms with van der Waals surface area (Å²) in [7, 11) is 1.25. The van der Waals surface area contributed by atoms with E-state index in [-0.39, 0.29) is 12.4 Å². The lowest BCUT2D eigenvalue weighted by molar-refractivity contribution is -0.148. The fourth-order valence-corrected chi connectivity index (χ4v) is 1.84. The summed E-state index contributed by atoms with van der Waals surface area (Å²) in [4.78, 5) is 24.1. The fourth-order valence-electron chi connectivity index (χ4n) is 1.84. The summed E-state index contributed by atoms with van der Waals surface area (Å²) in [6.07, 6.45) is 1.38. The average Bonchev–Trinajstić information content (AvgIpc) is 3.08. The predicted molar refractivity (Wildman–Crippen MR) is 78.5 cm³/mol. The van der Waals surface area contributed by atoms with Crippen LogP contribution in [0.5, 0.6) is 5.75 Å². The summed E-state index contributed by atoms with van der Waals surface area (Å²) in [5.74, 6) is -0.433. The molecule has 0 radical (unpaired) electrons. The molecule has 0 spiro atoms. The van der Waals surface area contributed by atoms with Crippen molar-refractivity contribution in [2.45, 2.75) is 12.5 Å². The summed E-state index contributed by atoms with van der Waals surface area (Å²) in [5.41, 5.74) is -1.34. The summed E-state index contributed by atoms with van der Waals surface area (Å²) in [5, 5.41) is 2.58. The van der Waals surface area contributed by atoms with Crippen molar-refractivity contribution in [3.63, 3.8) is 0 Å². The number of benzene rings is 1. The molecule has 0 saturated carbocycles. The second-order valence-electron chi connectivity index (χ2n) is 4.86. The van der Waals surface area contributed by atoms with Crippen LogP contribution in [-0.4, -0.2) is 31.1 Å². The number of para-hydroxylation sites is 1. The maximum Gasteiger partial charge on any atom is 0.334 e. The zero-order valence-electron chi connectivity index (χ0n) is 12.4. The number of methoxy groups -OCH3 is 1. The zero-order chi connectivity index (χ0) is 16.0. The van der Waals surface area contributed by atoms with Crippen LogP contribution in [0.4, 0.5) is 0 Å². The van der Waals surface area contributed by atoms with Gasteiger partial charge in [-0.3, -0.25) is 4.79 Å². The number of furan rings is 1. The van der Waals surface area contributed by atoms with Crippen molar-refractivity contribution in [1.82, 2.24) is 5.32 Å².